The van der Waals surface area contributed by atoms with E-state index in [1.165, 1.54) is 35.1 Å². The first-order chi connectivity index (χ1) is 17.9. The number of hydrogen-bond acceptors (Lipinski definition) is 7. The predicted molar refractivity (Wildman–Crippen MR) is 142 cm³/mol. The fourth-order valence-electron chi connectivity index (χ4n) is 4.38. The molecule has 5 N–H and O–H groups in total. The van der Waals surface area contributed by atoms with Crippen molar-refractivity contribution in [2.45, 2.75) is 50.9 Å². The van der Waals surface area contributed by atoms with E-state index in [1.54, 1.807) is 13.0 Å². The van der Waals surface area contributed by atoms with E-state index in [0.29, 0.717) is 37.1 Å². The molecule has 210 valence electrons. The maximum Gasteiger partial charge on any atom is 0.429 e. The fraction of sp³-hybridized carbons (Fsp3) is 0.360. The second-order valence-corrected chi connectivity index (χ2v) is 9.58. The zero-order valence-corrected chi connectivity index (χ0v) is 22.3. The highest BCUT2D eigenvalue weighted by atomic mass is 35.5. The van der Waals surface area contributed by atoms with Gasteiger partial charge in [0.15, 0.2) is 0 Å². The van der Waals surface area contributed by atoms with E-state index >= 15 is 0 Å². The van der Waals surface area contributed by atoms with Gasteiger partial charge in [0, 0.05) is 22.8 Å². The van der Waals surface area contributed by atoms with Crippen LogP contribution in [-0.2, 0) is 4.79 Å². The van der Waals surface area contributed by atoms with Gasteiger partial charge in [-0.1, -0.05) is 23.7 Å². The fourth-order valence-corrected chi connectivity index (χ4v) is 4.54. The summed E-state index contributed by atoms with van der Waals surface area (Å²) in [7, 11) is 0. The van der Waals surface area contributed by atoms with Crippen LogP contribution in [0.5, 0.6) is 5.88 Å². The van der Waals surface area contributed by atoms with E-state index in [2.05, 4.69) is 15.1 Å². The number of alkyl halides is 3. The molecular weight excluding hydrogens is 560 g/mol. The van der Waals surface area contributed by atoms with E-state index in [1.807, 2.05) is 6.08 Å². The lowest BCUT2D eigenvalue weighted by Crippen LogP contribution is -2.32. The molecular formula is C25H27Cl2F3N6O3. The molecule has 1 aliphatic carbocycles. The molecule has 0 saturated heterocycles. The van der Waals surface area contributed by atoms with Crippen molar-refractivity contribution < 1.29 is 27.8 Å². The highest BCUT2D eigenvalue weighted by Gasteiger charge is 2.45. The lowest BCUT2D eigenvalue weighted by molar-refractivity contribution is -0.198. The zero-order chi connectivity index (χ0) is 27.6. The third-order valence-electron chi connectivity index (χ3n) is 6.25. The first kappa shape index (κ1) is 30.2. The number of nitrogen functional groups attached to an aromatic ring is 1. The van der Waals surface area contributed by atoms with Crippen molar-refractivity contribution in [2.24, 2.45) is 11.7 Å². The number of rotatable bonds is 8. The first-order valence-corrected chi connectivity index (χ1v) is 12.2. The molecule has 0 radical (unpaired) electrons. The van der Waals surface area contributed by atoms with Gasteiger partial charge >= 0.3 is 12.1 Å². The van der Waals surface area contributed by atoms with Gasteiger partial charge in [-0.05, 0) is 62.3 Å². The van der Waals surface area contributed by atoms with Gasteiger partial charge in [0.2, 0.25) is 17.9 Å². The molecule has 9 nitrogen and oxygen atoms in total. The molecule has 4 rings (SSSR count). The molecule has 39 heavy (non-hydrogen) atoms. The summed E-state index contributed by atoms with van der Waals surface area (Å²) < 4.78 is 49.7. The number of ether oxygens (including phenoxy) is 1. The van der Waals surface area contributed by atoms with Crippen LogP contribution in [0.4, 0.5) is 19.1 Å². The van der Waals surface area contributed by atoms with Gasteiger partial charge in [0.05, 0.1) is 17.1 Å². The van der Waals surface area contributed by atoms with Crippen LogP contribution < -0.4 is 16.2 Å². The maximum absolute atomic E-state index is 14.3. The summed E-state index contributed by atoms with van der Waals surface area (Å²) in [4.78, 5) is 19.1. The third kappa shape index (κ3) is 7.40. The van der Waals surface area contributed by atoms with Crippen LogP contribution in [0, 0.1) is 12.8 Å². The number of carboxylic acid groups (broad SMARTS) is 1. The molecule has 0 saturated carbocycles. The average Bonchev–Trinajstić information content (AvgIpc) is 3.28. The lowest BCUT2D eigenvalue weighted by atomic mass is 9.84. The van der Waals surface area contributed by atoms with Crippen molar-refractivity contribution in [2.75, 3.05) is 5.73 Å². The summed E-state index contributed by atoms with van der Waals surface area (Å²) in [5.74, 6) is -1.57. The Bertz CT molecular complexity index is 1370. The quantitative estimate of drug-likeness (QED) is 0.323. The molecule has 14 heteroatoms. The number of benzene rings is 1. The number of nitrogens with zero attached hydrogens (tertiary/aromatic N) is 4. The summed E-state index contributed by atoms with van der Waals surface area (Å²) in [5.41, 5.74) is 13.1. The second kappa shape index (κ2) is 12.2. The summed E-state index contributed by atoms with van der Waals surface area (Å²) in [5, 5.41) is 13.5. The molecule has 1 unspecified atom stereocenters. The summed E-state index contributed by atoms with van der Waals surface area (Å²) in [6, 6.07) is 5.99. The molecule has 1 aromatic carbocycles. The lowest BCUT2D eigenvalue weighted by Gasteiger charge is -2.25. The van der Waals surface area contributed by atoms with Gasteiger partial charge in [-0.15, -0.1) is 12.4 Å². The van der Waals surface area contributed by atoms with E-state index in [4.69, 9.17) is 32.9 Å². The Morgan fingerprint density at radius 2 is 2.03 bits per heavy atom. The molecule has 0 fully saturated rings. The third-order valence-corrected chi connectivity index (χ3v) is 6.49. The first-order valence-electron chi connectivity index (χ1n) is 11.8. The van der Waals surface area contributed by atoms with E-state index in [-0.39, 0.29) is 46.4 Å². The van der Waals surface area contributed by atoms with Crippen LogP contribution in [0.25, 0.3) is 11.3 Å². The average molecular weight is 587 g/mol. The number of carboxylic acids is 1. The largest absolute Gasteiger partial charge is 0.480 e. The second-order valence-electron chi connectivity index (χ2n) is 9.14. The normalized spacial score (nSPS) is 17.1. The van der Waals surface area contributed by atoms with E-state index in [9.17, 15) is 18.0 Å². The Labute approximate surface area is 233 Å². The molecule has 0 bridgehead atoms. The van der Waals surface area contributed by atoms with E-state index < -0.39 is 24.3 Å². The summed E-state index contributed by atoms with van der Waals surface area (Å²) >= 11 is 6.09. The van der Waals surface area contributed by atoms with Gasteiger partial charge in [0.25, 0.3) is 0 Å². The molecule has 3 aromatic rings. The Morgan fingerprint density at radius 1 is 1.28 bits per heavy atom. The SMILES string of the molecule is Cc1ccn(-c2cc(Cl)ccc2[C@@H](Oc2cc(C3=CC[C@@H](CC(N)C(=O)O)CC3)nc(N)n2)C(F)(F)F)n1.Cl. The highest BCUT2D eigenvalue weighted by Crippen LogP contribution is 2.40. The predicted octanol–water partition coefficient (Wildman–Crippen LogP) is 5.30. The van der Waals surface area contributed by atoms with Gasteiger partial charge < -0.3 is 21.3 Å². The number of aromatic nitrogens is 4. The van der Waals surface area contributed by atoms with Crippen LogP contribution in [0.15, 0.2) is 42.6 Å². The monoisotopic (exact) mass is 586 g/mol. The molecule has 0 spiro atoms. The number of halogens is 5. The Balaban J connectivity index is 0.00000420. The van der Waals surface area contributed by atoms with Gasteiger partial charge in [-0.3, -0.25) is 4.79 Å². The maximum atomic E-state index is 14.3. The van der Waals surface area contributed by atoms with Crippen molar-refractivity contribution in [3.8, 4) is 11.6 Å². The van der Waals surface area contributed by atoms with Gasteiger partial charge in [-0.25, -0.2) is 9.67 Å². The van der Waals surface area contributed by atoms with Crippen molar-refractivity contribution in [1.82, 2.24) is 19.7 Å². The number of carbonyl (C=O) groups is 1. The number of aryl methyl sites for hydroxylation is 1. The molecule has 3 atom stereocenters. The van der Waals surface area contributed by atoms with Gasteiger partial charge in [-0.2, -0.15) is 23.3 Å². The standard InChI is InChI=1S/C25H26ClF3N6O3.ClH/c1-13-8-9-35(34-13)20-11-16(26)6-7-17(20)22(25(27,28)29)38-21-12-19(32-24(31)33-21)15-4-2-14(3-5-15)10-18(30)23(36)37;/h4,6-9,11-12,14,18,22H,2-3,5,10,30H2,1H3,(H,36,37)(H2,31,32,33);1H/t14-,18?,22-;/m1./s1. The van der Waals surface area contributed by atoms with Crippen molar-refractivity contribution in [1.29, 1.82) is 0 Å². The minimum absolute atomic E-state index is 0. The Morgan fingerprint density at radius 3 is 2.62 bits per heavy atom. The molecule has 1 aliphatic rings. The van der Waals surface area contributed by atoms with Crippen molar-refractivity contribution >= 4 is 41.5 Å². The van der Waals surface area contributed by atoms with Crippen LogP contribution in [-0.4, -0.2) is 43.0 Å². The number of aliphatic carboxylic acids is 1. The molecule has 0 amide bonds. The van der Waals surface area contributed by atoms with Crippen LogP contribution in [0.3, 0.4) is 0 Å². The number of nitrogens with two attached hydrogens (primary N) is 2. The van der Waals surface area contributed by atoms with Crippen LogP contribution in [0.1, 0.15) is 48.7 Å². The topological polar surface area (TPSA) is 142 Å². The van der Waals surface area contributed by atoms with Gasteiger partial charge in [0.1, 0.15) is 6.04 Å². The van der Waals surface area contributed by atoms with Crippen molar-refractivity contribution in [3.63, 3.8) is 0 Å². The highest BCUT2D eigenvalue weighted by molar-refractivity contribution is 6.30. The Kier molecular flexibility index (Phi) is 9.47. The minimum atomic E-state index is -4.81. The number of allylic oxidation sites excluding steroid dienone is 2. The zero-order valence-electron chi connectivity index (χ0n) is 20.7. The van der Waals surface area contributed by atoms with Crippen molar-refractivity contribution in [3.05, 3.63) is 64.6 Å². The number of anilines is 1. The van der Waals surface area contributed by atoms with Crippen LogP contribution in [0.2, 0.25) is 5.02 Å². The molecule has 2 heterocycles. The van der Waals surface area contributed by atoms with E-state index in [0.717, 1.165) is 5.57 Å². The summed E-state index contributed by atoms with van der Waals surface area (Å²) in [6.45, 7) is 1.71. The van der Waals surface area contributed by atoms with Crippen LogP contribution >= 0.6 is 24.0 Å². The molecule has 2 aromatic heterocycles. The minimum Gasteiger partial charge on any atom is -0.480 e. The smallest absolute Gasteiger partial charge is 0.429 e. The molecule has 0 aliphatic heterocycles. The summed E-state index contributed by atoms with van der Waals surface area (Å²) in [6.07, 6.45) is -1.76. The number of hydrogen-bond donors (Lipinski definition) is 3. The Hall–Kier alpha value is -3.35.